The lowest BCUT2D eigenvalue weighted by molar-refractivity contribution is 0.947. The lowest BCUT2D eigenvalue weighted by Crippen LogP contribution is -2.09. The minimum atomic E-state index is -0.173. The van der Waals surface area contributed by atoms with Crippen LogP contribution in [0, 0.1) is 0 Å². The fourth-order valence-electron chi connectivity index (χ4n) is 2.62. The minimum absolute atomic E-state index is 0.173. The molecule has 4 aromatic rings. The summed E-state index contributed by atoms with van der Waals surface area (Å²) in [5, 5.41) is 8.27. The third-order valence-corrected chi connectivity index (χ3v) is 3.69. The molecule has 0 atom stereocenters. The van der Waals surface area contributed by atoms with E-state index < -0.39 is 0 Å². The normalized spacial score (nSPS) is 11.3. The molecule has 0 aliphatic carbocycles. The first-order chi connectivity index (χ1) is 10.2. The molecule has 4 rings (SSSR count). The van der Waals surface area contributed by atoms with Gasteiger partial charge in [0.25, 0.3) is 5.56 Å². The number of aromatic nitrogens is 4. The number of benzene rings is 2. The molecule has 5 nitrogen and oxygen atoms in total. The topological polar surface area (TPSA) is 63.6 Å². The van der Waals surface area contributed by atoms with Crippen LogP contribution in [0.4, 0.5) is 0 Å². The molecule has 1 N–H and O–H groups in total. The summed E-state index contributed by atoms with van der Waals surface area (Å²) >= 11 is 0. The minimum Gasteiger partial charge on any atom is -0.334 e. The molecule has 0 radical (unpaired) electrons. The third kappa shape index (κ3) is 1.74. The van der Waals surface area contributed by atoms with Gasteiger partial charge in [-0.05, 0) is 18.2 Å². The van der Waals surface area contributed by atoms with Gasteiger partial charge >= 0.3 is 0 Å². The van der Waals surface area contributed by atoms with Gasteiger partial charge in [0.05, 0.1) is 28.4 Å². The van der Waals surface area contributed by atoms with Crippen molar-refractivity contribution in [1.29, 1.82) is 0 Å². The Morgan fingerprint density at radius 1 is 1.10 bits per heavy atom. The van der Waals surface area contributed by atoms with E-state index in [1.54, 1.807) is 12.4 Å². The number of hydrogen-bond acceptors (Lipinski definition) is 3. The van der Waals surface area contributed by atoms with Crippen LogP contribution in [0.3, 0.4) is 0 Å². The molecule has 5 heteroatoms. The summed E-state index contributed by atoms with van der Waals surface area (Å²) < 4.78 is 1.97. The van der Waals surface area contributed by atoms with Gasteiger partial charge in [0.2, 0.25) is 0 Å². The van der Waals surface area contributed by atoms with Gasteiger partial charge in [0, 0.05) is 18.0 Å². The molecule has 0 aliphatic heterocycles. The number of fused-ring (bicyclic) bond motifs is 2. The van der Waals surface area contributed by atoms with Gasteiger partial charge in [0.15, 0.2) is 0 Å². The zero-order valence-corrected chi connectivity index (χ0v) is 11.4. The van der Waals surface area contributed by atoms with Crippen molar-refractivity contribution >= 4 is 21.8 Å². The van der Waals surface area contributed by atoms with Crippen molar-refractivity contribution in [2.24, 2.45) is 7.05 Å². The molecule has 0 spiro atoms. The van der Waals surface area contributed by atoms with Crippen molar-refractivity contribution in [2.45, 2.75) is 0 Å². The zero-order valence-electron chi connectivity index (χ0n) is 11.4. The largest absolute Gasteiger partial charge is 0.334 e. The molecule has 0 saturated carbocycles. The van der Waals surface area contributed by atoms with E-state index in [9.17, 15) is 4.79 Å². The van der Waals surface area contributed by atoms with Crippen molar-refractivity contribution < 1.29 is 0 Å². The summed E-state index contributed by atoms with van der Waals surface area (Å²) in [6.45, 7) is 0. The first kappa shape index (κ1) is 11.8. The summed E-state index contributed by atoms with van der Waals surface area (Å²) in [4.78, 5) is 16.2. The molecule has 0 bridgehead atoms. The van der Waals surface area contributed by atoms with E-state index in [2.05, 4.69) is 15.2 Å². The SMILES string of the molecule is Cn1cnc2cc(-c3n[nH]c(=O)c4ccccc34)ccc21. The van der Waals surface area contributed by atoms with Crippen LogP contribution in [-0.4, -0.2) is 19.7 Å². The maximum atomic E-state index is 11.8. The van der Waals surface area contributed by atoms with E-state index >= 15 is 0 Å². The van der Waals surface area contributed by atoms with Crippen LogP contribution >= 0.6 is 0 Å². The van der Waals surface area contributed by atoms with Gasteiger partial charge in [0.1, 0.15) is 0 Å². The fraction of sp³-hybridized carbons (Fsp3) is 0.0625. The predicted octanol–water partition coefficient (Wildman–Crippen LogP) is 2.48. The second-order valence-electron chi connectivity index (χ2n) is 5.01. The van der Waals surface area contributed by atoms with Crippen LogP contribution in [0.15, 0.2) is 53.6 Å². The van der Waals surface area contributed by atoms with E-state index in [1.807, 2.05) is 48.0 Å². The van der Waals surface area contributed by atoms with Crippen molar-refractivity contribution in [2.75, 3.05) is 0 Å². The maximum Gasteiger partial charge on any atom is 0.272 e. The van der Waals surface area contributed by atoms with E-state index in [-0.39, 0.29) is 5.56 Å². The molecule has 0 amide bonds. The maximum absolute atomic E-state index is 11.8. The highest BCUT2D eigenvalue weighted by Gasteiger charge is 2.09. The Hall–Kier alpha value is -2.95. The number of aromatic amines is 1. The number of H-pyrrole nitrogens is 1. The first-order valence-electron chi connectivity index (χ1n) is 6.63. The molecular formula is C16H12N4O. The van der Waals surface area contributed by atoms with Crippen LogP contribution in [0.5, 0.6) is 0 Å². The Balaban J connectivity index is 2.04. The molecule has 2 aromatic carbocycles. The van der Waals surface area contributed by atoms with Gasteiger partial charge in [-0.25, -0.2) is 10.1 Å². The fourth-order valence-corrected chi connectivity index (χ4v) is 2.62. The van der Waals surface area contributed by atoms with Crippen molar-refractivity contribution in [1.82, 2.24) is 19.7 Å². The zero-order chi connectivity index (χ0) is 14.4. The number of nitrogens with zero attached hydrogens (tertiary/aromatic N) is 3. The average Bonchev–Trinajstić information content (AvgIpc) is 2.89. The summed E-state index contributed by atoms with van der Waals surface area (Å²) in [5.74, 6) is 0. The van der Waals surface area contributed by atoms with Gasteiger partial charge in [-0.3, -0.25) is 4.79 Å². The predicted molar refractivity (Wildman–Crippen MR) is 82.1 cm³/mol. The Bertz CT molecular complexity index is 1030. The highest BCUT2D eigenvalue weighted by Crippen LogP contribution is 2.26. The van der Waals surface area contributed by atoms with Crippen LogP contribution in [0.2, 0.25) is 0 Å². The smallest absolute Gasteiger partial charge is 0.272 e. The van der Waals surface area contributed by atoms with Gasteiger partial charge < -0.3 is 4.57 Å². The summed E-state index contributed by atoms with van der Waals surface area (Å²) in [5.41, 5.74) is 3.50. The molecule has 2 heterocycles. The van der Waals surface area contributed by atoms with E-state index in [0.29, 0.717) is 5.39 Å². The third-order valence-electron chi connectivity index (χ3n) is 3.69. The van der Waals surface area contributed by atoms with Crippen LogP contribution < -0.4 is 5.56 Å². The second-order valence-corrected chi connectivity index (χ2v) is 5.01. The van der Waals surface area contributed by atoms with E-state index in [4.69, 9.17) is 0 Å². The van der Waals surface area contributed by atoms with Crippen molar-refractivity contribution in [3.63, 3.8) is 0 Å². The summed E-state index contributed by atoms with van der Waals surface area (Å²) in [7, 11) is 1.96. The Morgan fingerprint density at radius 3 is 2.76 bits per heavy atom. The molecule has 2 aromatic heterocycles. The molecular weight excluding hydrogens is 264 g/mol. The molecule has 0 unspecified atom stereocenters. The van der Waals surface area contributed by atoms with Crippen molar-refractivity contribution in [3.05, 3.63) is 59.1 Å². The molecule has 0 aliphatic rings. The Kier molecular flexibility index (Phi) is 2.41. The highest BCUT2D eigenvalue weighted by molar-refractivity contribution is 5.95. The number of rotatable bonds is 1. The molecule has 0 saturated heterocycles. The Morgan fingerprint density at radius 2 is 1.90 bits per heavy atom. The van der Waals surface area contributed by atoms with E-state index in [0.717, 1.165) is 27.7 Å². The van der Waals surface area contributed by atoms with Gasteiger partial charge in [-0.15, -0.1) is 0 Å². The van der Waals surface area contributed by atoms with Crippen LogP contribution in [0.1, 0.15) is 0 Å². The Labute approximate surface area is 119 Å². The quantitative estimate of drug-likeness (QED) is 0.581. The lowest BCUT2D eigenvalue weighted by atomic mass is 10.0. The van der Waals surface area contributed by atoms with E-state index in [1.165, 1.54) is 0 Å². The number of nitrogens with one attached hydrogen (secondary N) is 1. The van der Waals surface area contributed by atoms with Crippen LogP contribution in [-0.2, 0) is 7.05 Å². The molecule has 21 heavy (non-hydrogen) atoms. The summed E-state index contributed by atoms with van der Waals surface area (Å²) in [6.07, 6.45) is 1.78. The molecule has 102 valence electrons. The van der Waals surface area contributed by atoms with Crippen LogP contribution in [0.25, 0.3) is 33.1 Å². The monoisotopic (exact) mass is 276 g/mol. The van der Waals surface area contributed by atoms with Crippen molar-refractivity contribution in [3.8, 4) is 11.3 Å². The number of aryl methyl sites for hydroxylation is 1. The van der Waals surface area contributed by atoms with Gasteiger partial charge in [-0.1, -0.05) is 24.3 Å². The number of imidazole rings is 1. The summed E-state index contributed by atoms with van der Waals surface area (Å²) in [6, 6.07) is 13.5. The molecule has 0 fully saturated rings. The van der Waals surface area contributed by atoms with Gasteiger partial charge in [-0.2, -0.15) is 5.10 Å². The first-order valence-corrected chi connectivity index (χ1v) is 6.63. The number of hydrogen-bond donors (Lipinski definition) is 1. The second kappa shape index (κ2) is 4.28. The lowest BCUT2D eigenvalue weighted by Gasteiger charge is -2.05. The average molecular weight is 276 g/mol. The standard InChI is InChI=1S/C16H12N4O/c1-20-9-17-13-8-10(6-7-14(13)20)15-11-4-2-3-5-12(11)16(21)19-18-15/h2-9H,1H3,(H,19,21). The highest BCUT2D eigenvalue weighted by atomic mass is 16.1.